The van der Waals surface area contributed by atoms with Gasteiger partial charge in [0.25, 0.3) is 0 Å². The minimum Gasteiger partial charge on any atom is -0.341 e. The first kappa shape index (κ1) is 8.86. The lowest BCUT2D eigenvalue weighted by atomic mass is 10.5. The SMILES string of the molecule is CNC(=O)NSc1ccccn1. The third-order valence-electron chi connectivity index (χ3n) is 1.11. The summed E-state index contributed by atoms with van der Waals surface area (Å²) in [4.78, 5) is 14.7. The molecule has 0 saturated carbocycles. The van der Waals surface area contributed by atoms with E-state index >= 15 is 0 Å². The Labute approximate surface area is 74.9 Å². The number of amides is 2. The summed E-state index contributed by atoms with van der Waals surface area (Å²) in [6, 6.07) is 5.27. The molecule has 0 aliphatic rings. The highest BCUT2D eigenvalue weighted by molar-refractivity contribution is 7.97. The second-order valence-electron chi connectivity index (χ2n) is 1.95. The van der Waals surface area contributed by atoms with Crippen LogP contribution in [-0.2, 0) is 0 Å². The van der Waals surface area contributed by atoms with Crippen LogP contribution in [0.15, 0.2) is 29.4 Å². The molecule has 0 saturated heterocycles. The van der Waals surface area contributed by atoms with Crippen LogP contribution in [0.2, 0.25) is 0 Å². The predicted octanol–water partition coefficient (Wildman–Crippen LogP) is 1.02. The Morgan fingerprint density at radius 3 is 3.00 bits per heavy atom. The third-order valence-corrected chi connectivity index (χ3v) is 1.85. The van der Waals surface area contributed by atoms with Crippen LogP contribution < -0.4 is 10.0 Å². The number of nitrogens with one attached hydrogen (secondary N) is 2. The average molecular weight is 183 g/mol. The van der Waals surface area contributed by atoms with Crippen molar-refractivity contribution in [3.63, 3.8) is 0 Å². The van der Waals surface area contributed by atoms with Gasteiger partial charge in [-0.05, 0) is 12.1 Å². The number of aromatic nitrogens is 1. The largest absolute Gasteiger partial charge is 0.341 e. The summed E-state index contributed by atoms with van der Waals surface area (Å²) in [5.41, 5.74) is 0. The molecule has 0 aliphatic carbocycles. The van der Waals surface area contributed by atoms with Crippen molar-refractivity contribution in [1.82, 2.24) is 15.0 Å². The van der Waals surface area contributed by atoms with E-state index < -0.39 is 0 Å². The highest BCUT2D eigenvalue weighted by Gasteiger charge is 1.96. The number of nitrogens with zero attached hydrogens (tertiary/aromatic N) is 1. The van der Waals surface area contributed by atoms with Crippen LogP contribution >= 0.6 is 11.9 Å². The molecule has 1 heterocycles. The third kappa shape index (κ3) is 2.79. The van der Waals surface area contributed by atoms with Gasteiger partial charge in [-0.2, -0.15) is 0 Å². The fourth-order valence-electron chi connectivity index (χ4n) is 0.557. The summed E-state index contributed by atoms with van der Waals surface area (Å²) in [5, 5.41) is 3.20. The second kappa shape index (κ2) is 4.61. The number of carbonyl (C=O) groups is 1. The lowest BCUT2D eigenvalue weighted by molar-refractivity contribution is 0.248. The molecule has 5 heteroatoms. The van der Waals surface area contributed by atoms with Crippen molar-refractivity contribution in [2.75, 3.05) is 7.05 Å². The predicted molar refractivity (Wildman–Crippen MR) is 47.7 cm³/mol. The molecule has 1 rings (SSSR count). The zero-order valence-corrected chi connectivity index (χ0v) is 7.39. The van der Waals surface area contributed by atoms with Crippen molar-refractivity contribution in [1.29, 1.82) is 0 Å². The number of rotatable bonds is 2. The fourth-order valence-corrected chi connectivity index (χ4v) is 1.12. The van der Waals surface area contributed by atoms with Gasteiger partial charge in [-0.1, -0.05) is 6.07 Å². The van der Waals surface area contributed by atoms with Crippen molar-refractivity contribution < 1.29 is 4.79 Å². The molecule has 2 amide bonds. The molecule has 0 radical (unpaired) electrons. The number of hydrogen-bond donors (Lipinski definition) is 2. The Kier molecular flexibility index (Phi) is 3.40. The van der Waals surface area contributed by atoms with Gasteiger partial charge in [0, 0.05) is 25.2 Å². The van der Waals surface area contributed by atoms with Crippen LogP contribution in [0.4, 0.5) is 4.79 Å². The van der Waals surface area contributed by atoms with E-state index in [0.717, 1.165) is 5.03 Å². The molecule has 0 bridgehead atoms. The van der Waals surface area contributed by atoms with E-state index in [2.05, 4.69) is 15.0 Å². The number of urea groups is 1. The van der Waals surface area contributed by atoms with E-state index in [4.69, 9.17) is 0 Å². The Balaban J connectivity index is 2.38. The first-order valence-electron chi connectivity index (χ1n) is 3.38. The molecule has 0 atom stereocenters. The summed E-state index contributed by atoms with van der Waals surface area (Å²) in [7, 11) is 1.56. The van der Waals surface area contributed by atoms with E-state index in [0.29, 0.717) is 0 Å². The van der Waals surface area contributed by atoms with Crippen LogP contribution in [0.25, 0.3) is 0 Å². The highest BCUT2D eigenvalue weighted by Crippen LogP contribution is 2.08. The number of carbonyl (C=O) groups excluding carboxylic acids is 1. The summed E-state index contributed by atoms with van der Waals surface area (Å²) >= 11 is 1.18. The minimum absolute atomic E-state index is 0.231. The normalized spacial score (nSPS) is 9.08. The van der Waals surface area contributed by atoms with E-state index in [1.54, 1.807) is 13.2 Å². The van der Waals surface area contributed by atoms with Gasteiger partial charge in [-0.3, -0.25) is 4.72 Å². The minimum atomic E-state index is -0.231. The maximum absolute atomic E-state index is 10.7. The van der Waals surface area contributed by atoms with Crippen LogP contribution in [0.1, 0.15) is 0 Å². The van der Waals surface area contributed by atoms with Gasteiger partial charge in [0.2, 0.25) is 0 Å². The highest BCUT2D eigenvalue weighted by atomic mass is 32.2. The van der Waals surface area contributed by atoms with Gasteiger partial charge in [0.05, 0.1) is 0 Å². The van der Waals surface area contributed by atoms with E-state index in [-0.39, 0.29) is 6.03 Å². The summed E-state index contributed by atoms with van der Waals surface area (Å²) in [6.45, 7) is 0. The van der Waals surface area contributed by atoms with E-state index in [9.17, 15) is 4.79 Å². The molecule has 1 aromatic rings. The molecule has 0 aliphatic heterocycles. The zero-order chi connectivity index (χ0) is 8.81. The van der Waals surface area contributed by atoms with Crippen molar-refractivity contribution in [2.45, 2.75) is 5.03 Å². The van der Waals surface area contributed by atoms with Crippen LogP contribution in [0, 0.1) is 0 Å². The Morgan fingerprint density at radius 1 is 1.58 bits per heavy atom. The number of hydrogen-bond acceptors (Lipinski definition) is 3. The van der Waals surface area contributed by atoms with Gasteiger partial charge >= 0.3 is 6.03 Å². The smallest absolute Gasteiger partial charge is 0.324 e. The quantitative estimate of drug-likeness (QED) is 0.673. The van der Waals surface area contributed by atoms with Crippen LogP contribution in [0.5, 0.6) is 0 Å². The first-order valence-corrected chi connectivity index (χ1v) is 4.20. The van der Waals surface area contributed by atoms with Crippen molar-refractivity contribution in [3.05, 3.63) is 24.4 Å². The Hall–Kier alpha value is -1.23. The first-order chi connectivity index (χ1) is 5.83. The fraction of sp³-hybridized carbons (Fsp3) is 0.143. The molecule has 4 nitrogen and oxygen atoms in total. The average Bonchev–Trinajstić information content (AvgIpc) is 2.16. The molecule has 0 spiro atoms. The lowest BCUT2D eigenvalue weighted by Crippen LogP contribution is -2.27. The summed E-state index contributed by atoms with van der Waals surface area (Å²) in [6.07, 6.45) is 1.67. The molecule has 0 aromatic carbocycles. The standard InChI is InChI=1S/C7H9N3OS/c1-8-7(11)10-12-6-4-2-3-5-9-6/h2-5H,1H3,(H2,8,10,11). The molecular weight excluding hydrogens is 174 g/mol. The van der Waals surface area contributed by atoms with Gasteiger partial charge in [0.15, 0.2) is 0 Å². The molecule has 64 valence electrons. The molecule has 1 aromatic heterocycles. The van der Waals surface area contributed by atoms with E-state index in [1.807, 2.05) is 18.2 Å². The van der Waals surface area contributed by atoms with Crippen molar-refractivity contribution >= 4 is 18.0 Å². The summed E-state index contributed by atoms with van der Waals surface area (Å²) < 4.78 is 2.55. The molecular formula is C7H9N3OS. The monoisotopic (exact) mass is 183 g/mol. The van der Waals surface area contributed by atoms with E-state index in [1.165, 1.54) is 11.9 Å². The molecule has 2 N–H and O–H groups in total. The zero-order valence-electron chi connectivity index (χ0n) is 6.57. The van der Waals surface area contributed by atoms with Gasteiger partial charge in [-0.15, -0.1) is 0 Å². The Morgan fingerprint density at radius 2 is 2.42 bits per heavy atom. The lowest BCUT2D eigenvalue weighted by Gasteiger charge is -2.00. The van der Waals surface area contributed by atoms with Gasteiger partial charge in [-0.25, -0.2) is 9.78 Å². The number of pyridine rings is 1. The maximum atomic E-state index is 10.7. The maximum Gasteiger partial charge on any atom is 0.324 e. The van der Waals surface area contributed by atoms with Crippen LogP contribution in [-0.4, -0.2) is 18.1 Å². The summed E-state index contributed by atoms with van der Waals surface area (Å²) in [5.74, 6) is 0. The van der Waals surface area contributed by atoms with Crippen molar-refractivity contribution in [3.8, 4) is 0 Å². The molecule has 12 heavy (non-hydrogen) atoms. The Bertz CT molecular complexity index is 252. The molecule has 0 fully saturated rings. The van der Waals surface area contributed by atoms with Crippen LogP contribution in [0.3, 0.4) is 0 Å². The van der Waals surface area contributed by atoms with Crippen molar-refractivity contribution in [2.24, 2.45) is 0 Å². The molecule has 0 unspecified atom stereocenters. The second-order valence-corrected chi connectivity index (χ2v) is 2.78. The van der Waals surface area contributed by atoms with Gasteiger partial charge < -0.3 is 5.32 Å². The topological polar surface area (TPSA) is 54.0 Å². The van der Waals surface area contributed by atoms with Gasteiger partial charge in [0.1, 0.15) is 5.03 Å².